The number of rotatable bonds is 4. The molecular formula is C12H18ClN3. The van der Waals surface area contributed by atoms with E-state index in [1.807, 2.05) is 6.20 Å². The zero-order valence-corrected chi connectivity index (χ0v) is 10.5. The molecule has 0 saturated heterocycles. The smallest absolute Gasteiger partial charge is 0.128 e. The first-order chi connectivity index (χ1) is 7.83. The molecule has 0 unspecified atom stereocenters. The Kier molecular flexibility index (Phi) is 4.13. The van der Waals surface area contributed by atoms with E-state index in [9.17, 15) is 0 Å². The summed E-state index contributed by atoms with van der Waals surface area (Å²) in [4.78, 5) is 11.4. The van der Waals surface area contributed by atoms with Crippen LogP contribution in [0.2, 0.25) is 0 Å². The number of fused-ring (bicyclic) bond motifs is 1. The zero-order valence-electron chi connectivity index (χ0n) is 9.75. The largest absolute Gasteiger partial charge is 0.296 e. The predicted octanol–water partition coefficient (Wildman–Crippen LogP) is 2.03. The van der Waals surface area contributed by atoms with Gasteiger partial charge in [-0.1, -0.05) is 6.92 Å². The van der Waals surface area contributed by atoms with E-state index in [0.29, 0.717) is 5.88 Å². The van der Waals surface area contributed by atoms with E-state index < -0.39 is 0 Å². The van der Waals surface area contributed by atoms with Crippen LogP contribution in [0.3, 0.4) is 0 Å². The summed E-state index contributed by atoms with van der Waals surface area (Å²) >= 11 is 5.77. The first kappa shape index (κ1) is 11.8. The third kappa shape index (κ3) is 2.71. The Morgan fingerprint density at radius 1 is 1.50 bits per heavy atom. The zero-order chi connectivity index (χ0) is 11.4. The van der Waals surface area contributed by atoms with Crippen LogP contribution < -0.4 is 0 Å². The van der Waals surface area contributed by atoms with Gasteiger partial charge in [-0.15, -0.1) is 11.6 Å². The highest BCUT2D eigenvalue weighted by Crippen LogP contribution is 2.16. The molecule has 3 nitrogen and oxygen atoms in total. The molecule has 2 heterocycles. The maximum absolute atomic E-state index is 5.77. The van der Waals surface area contributed by atoms with Crippen molar-refractivity contribution in [2.45, 2.75) is 32.7 Å². The standard InChI is InChI=1S/C12H18ClN3/c1-2-3-12-14-8-10-4-6-16(7-5-13)9-11(10)15-12/h8H,2-7,9H2,1H3. The molecule has 0 aromatic carbocycles. The lowest BCUT2D eigenvalue weighted by molar-refractivity contribution is 0.264. The van der Waals surface area contributed by atoms with Crippen LogP contribution in [-0.2, 0) is 19.4 Å². The van der Waals surface area contributed by atoms with E-state index in [0.717, 1.165) is 44.7 Å². The number of alkyl halides is 1. The maximum Gasteiger partial charge on any atom is 0.128 e. The summed E-state index contributed by atoms with van der Waals surface area (Å²) in [5.41, 5.74) is 2.51. The van der Waals surface area contributed by atoms with Crippen LogP contribution in [0.1, 0.15) is 30.4 Å². The minimum atomic E-state index is 0.697. The van der Waals surface area contributed by atoms with E-state index in [-0.39, 0.29) is 0 Å². The Balaban J connectivity index is 2.12. The maximum atomic E-state index is 5.77. The van der Waals surface area contributed by atoms with Crippen molar-refractivity contribution in [3.05, 3.63) is 23.3 Å². The van der Waals surface area contributed by atoms with Crippen LogP contribution >= 0.6 is 11.6 Å². The van der Waals surface area contributed by atoms with E-state index in [4.69, 9.17) is 11.6 Å². The number of hydrogen-bond acceptors (Lipinski definition) is 3. The Morgan fingerprint density at radius 2 is 2.38 bits per heavy atom. The molecular weight excluding hydrogens is 222 g/mol. The van der Waals surface area contributed by atoms with E-state index in [2.05, 4.69) is 21.8 Å². The average Bonchev–Trinajstić information content (AvgIpc) is 2.29. The third-order valence-corrected chi connectivity index (χ3v) is 3.12. The van der Waals surface area contributed by atoms with Gasteiger partial charge in [0.2, 0.25) is 0 Å². The van der Waals surface area contributed by atoms with E-state index in [1.54, 1.807) is 0 Å². The molecule has 0 fully saturated rings. The van der Waals surface area contributed by atoms with Gasteiger partial charge in [0, 0.05) is 38.1 Å². The normalized spacial score (nSPS) is 16.1. The van der Waals surface area contributed by atoms with Gasteiger partial charge in [0.25, 0.3) is 0 Å². The van der Waals surface area contributed by atoms with Gasteiger partial charge in [0.15, 0.2) is 0 Å². The molecule has 0 amide bonds. The van der Waals surface area contributed by atoms with Crippen LogP contribution in [0.15, 0.2) is 6.20 Å². The lowest BCUT2D eigenvalue weighted by Gasteiger charge is -2.27. The quantitative estimate of drug-likeness (QED) is 0.753. The highest BCUT2D eigenvalue weighted by Gasteiger charge is 2.17. The van der Waals surface area contributed by atoms with Crippen molar-refractivity contribution in [3.63, 3.8) is 0 Å². The predicted molar refractivity (Wildman–Crippen MR) is 65.7 cm³/mol. The summed E-state index contributed by atoms with van der Waals surface area (Å²) in [5, 5.41) is 0. The molecule has 2 rings (SSSR count). The molecule has 1 aliphatic rings. The number of aryl methyl sites for hydroxylation is 1. The molecule has 16 heavy (non-hydrogen) atoms. The fourth-order valence-electron chi connectivity index (χ4n) is 2.05. The van der Waals surface area contributed by atoms with Gasteiger partial charge in [-0.25, -0.2) is 9.97 Å². The summed E-state index contributed by atoms with van der Waals surface area (Å²) in [7, 11) is 0. The van der Waals surface area contributed by atoms with Crippen molar-refractivity contribution < 1.29 is 0 Å². The highest BCUT2D eigenvalue weighted by molar-refractivity contribution is 6.18. The van der Waals surface area contributed by atoms with Crippen molar-refractivity contribution in [3.8, 4) is 0 Å². The summed E-state index contributed by atoms with van der Waals surface area (Å²) in [6.45, 7) is 5.12. The fraction of sp³-hybridized carbons (Fsp3) is 0.667. The SMILES string of the molecule is CCCc1ncc2c(n1)CN(CCCl)CC2. The van der Waals surface area contributed by atoms with Gasteiger partial charge < -0.3 is 0 Å². The molecule has 4 heteroatoms. The van der Waals surface area contributed by atoms with E-state index >= 15 is 0 Å². The highest BCUT2D eigenvalue weighted by atomic mass is 35.5. The van der Waals surface area contributed by atoms with Crippen molar-refractivity contribution in [1.29, 1.82) is 0 Å². The Labute approximate surface area is 102 Å². The minimum Gasteiger partial charge on any atom is -0.296 e. The van der Waals surface area contributed by atoms with Gasteiger partial charge in [0.05, 0.1) is 5.69 Å². The Hall–Kier alpha value is -0.670. The van der Waals surface area contributed by atoms with Gasteiger partial charge in [-0.2, -0.15) is 0 Å². The van der Waals surface area contributed by atoms with Crippen molar-refractivity contribution >= 4 is 11.6 Å². The molecule has 1 aromatic heterocycles. The molecule has 1 aliphatic heterocycles. The number of nitrogens with zero attached hydrogens (tertiary/aromatic N) is 3. The van der Waals surface area contributed by atoms with Gasteiger partial charge in [0.1, 0.15) is 5.82 Å². The van der Waals surface area contributed by atoms with Crippen molar-refractivity contribution in [2.75, 3.05) is 19.0 Å². The molecule has 0 radical (unpaired) electrons. The summed E-state index contributed by atoms with van der Waals surface area (Å²) in [5.74, 6) is 1.68. The molecule has 0 spiro atoms. The van der Waals surface area contributed by atoms with E-state index in [1.165, 1.54) is 11.3 Å². The molecule has 1 aromatic rings. The topological polar surface area (TPSA) is 29.0 Å². The van der Waals surface area contributed by atoms with Crippen LogP contribution in [-0.4, -0.2) is 33.8 Å². The second-order valence-corrected chi connectivity index (χ2v) is 4.60. The molecule has 0 bridgehead atoms. The van der Waals surface area contributed by atoms with Crippen LogP contribution in [0.4, 0.5) is 0 Å². The number of halogens is 1. The summed E-state index contributed by atoms with van der Waals surface area (Å²) in [6, 6.07) is 0. The lowest BCUT2D eigenvalue weighted by Crippen LogP contribution is -2.33. The first-order valence-corrected chi connectivity index (χ1v) is 6.49. The average molecular weight is 240 g/mol. The fourth-order valence-corrected chi connectivity index (χ4v) is 2.29. The summed E-state index contributed by atoms with van der Waals surface area (Å²) in [6.07, 6.45) is 5.14. The van der Waals surface area contributed by atoms with Gasteiger partial charge >= 0.3 is 0 Å². The molecule has 0 atom stereocenters. The Morgan fingerprint density at radius 3 is 3.12 bits per heavy atom. The second-order valence-electron chi connectivity index (χ2n) is 4.22. The molecule has 88 valence electrons. The molecule has 0 saturated carbocycles. The first-order valence-electron chi connectivity index (χ1n) is 5.95. The second kappa shape index (κ2) is 5.60. The number of aromatic nitrogens is 2. The monoisotopic (exact) mass is 239 g/mol. The van der Waals surface area contributed by atoms with Crippen molar-refractivity contribution in [2.24, 2.45) is 0 Å². The van der Waals surface area contributed by atoms with Crippen LogP contribution in [0.25, 0.3) is 0 Å². The lowest BCUT2D eigenvalue weighted by atomic mass is 10.1. The minimum absolute atomic E-state index is 0.697. The van der Waals surface area contributed by atoms with Gasteiger partial charge in [-0.05, 0) is 18.4 Å². The Bertz CT molecular complexity index is 354. The molecule has 0 aliphatic carbocycles. The molecule has 0 N–H and O–H groups in total. The van der Waals surface area contributed by atoms with Crippen LogP contribution in [0.5, 0.6) is 0 Å². The third-order valence-electron chi connectivity index (χ3n) is 2.95. The van der Waals surface area contributed by atoms with Crippen molar-refractivity contribution in [1.82, 2.24) is 14.9 Å². The summed E-state index contributed by atoms with van der Waals surface area (Å²) < 4.78 is 0. The van der Waals surface area contributed by atoms with Crippen LogP contribution in [0, 0.1) is 0 Å². The van der Waals surface area contributed by atoms with Gasteiger partial charge in [-0.3, -0.25) is 4.90 Å². The number of hydrogen-bond donors (Lipinski definition) is 0.